The molecule has 2 fully saturated rings. The minimum Gasteiger partial charge on any atom is -0.444 e. The number of nitrogens with zero attached hydrogens (tertiary/aromatic N) is 2. The van der Waals surface area contributed by atoms with E-state index >= 15 is 0 Å². The van der Waals surface area contributed by atoms with E-state index in [-0.39, 0.29) is 6.04 Å². The number of rotatable bonds is 1. The van der Waals surface area contributed by atoms with Crippen molar-refractivity contribution in [1.29, 1.82) is 5.26 Å². The molecule has 1 aliphatic carbocycles. The van der Waals surface area contributed by atoms with Gasteiger partial charge in [0.15, 0.2) is 6.10 Å². The molecule has 1 amide bonds. The van der Waals surface area contributed by atoms with Crippen molar-refractivity contribution in [3.8, 4) is 6.07 Å². The van der Waals surface area contributed by atoms with Gasteiger partial charge in [0.05, 0.1) is 12.1 Å². The van der Waals surface area contributed by atoms with Gasteiger partial charge in [0.1, 0.15) is 5.60 Å². The summed E-state index contributed by atoms with van der Waals surface area (Å²) < 4.78 is 5.31. The fourth-order valence-electron chi connectivity index (χ4n) is 2.45. The Morgan fingerprint density at radius 2 is 2.18 bits per heavy atom. The van der Waals surface area contributed by atoms with Crippen LogP contribution in [0.5, 0.6) is 0 Å². The van der Waals surface area contributed by atoms with E-state index in [9.17, 15) is 9.90 Å². The lowest BCUT2D eigenvalue weighted by Crippen LogP contribution is -2.46. The van der Waals surface area contributed by atoms with Gasteiger partial charge in [-0.15, -0.1) is 0 Å². The molecule has 0 spiro atoms. The van der Waals surface area contributed by atoms with E-state index in [2.05, 4.69) is 0 Å². The summed E-state index contributed by atoms with van der Waals surface area (Å²) >= 11 is 0. The van der Waals surface area contributed by atoms with Crippen molar-refractivity contribution in [2.75, 3.05) is 0 Å². The van der Waals surface area contributed by atoms with Gasteiger partial charge in [0.2, 0.25) is 0 Å². The Balaban J connectivity index is 2.07. The highest BCUT2D eigenvalue weighted by molar-refractivity contribution is 5.70. The first kappa shape index (κ1) is 12.2. The largest absolute Gasteiger partial charge is 0.444 e. The third kappa shape index (κ3) is 2.37. The molecule has 0 radical (unpaired) electrons. The molecule has 0 bridgehead atoms. The van der Waals surface area contributed by atoms with Crippen molar-refractivity contribution in [3.63, 3.8) is 0 Å². The molecule has 5 nitrogen and oxygen atoms in total. The number of carbonyl (C=O) groups is 1. The number of fused-ring (bicyclic) bond motifs is 1. The number of carbonyl (C=O) groups excluding carboxylic acids is 1. The predicted octanol–water partition coefficient (Wildman–Crippen LogP) is 1.27. The first-order chi connectivity index (χ1) is 7.83. The van der Waals surface area contributed by atoms with E-state index in [1.54, 1.807) is 31.7 Å². The van der Waals surface area contributed by atoms with E-state index < -0.39 is 23.8 Å². The highest BCUT2D eigenvalue weighted by atomic mass is 16.6. The normalized spacial score (nSPS) is 32.6. The second kappa shape index (κ2) is 3.88. The minimum absolute atomic E-state index is 0.165. The molecule has 1 aliphatic heterocycles. The summed E-state index contributed by atoms with van der Waals surface area (Å²) in [6.45, 7) is 5.42. The van der Waals surface area contributed by atoms with Crippen LogP contribution in [-0.2, 0) is 4.74 Å². The first-order valence-electron chi connectivity index (χ1n) is 5.92. The first-order valence-corrected chi connectivity index (χ1v) is 5.92. The molecule has 0 aromatic carbocycles. The van der Waals surface area contributed by atoms with Crippen molar-refractivity contribution in [3.05, 3.63) is 0 Å². The van der Waals surface area contributed by atoms with Crippen LogP contribution in [0.4, 0.5) is 4.79 Å². The third-order valence-electron chi connectivity index (χ3n) is 3.25. The van der Waals surface area contributed by atoms with E-state index in [0.717, 1.165) is 6.42 Å². The maximum absolute atomic E-state index is 12.0. The molecule has 0 aromatic heterocycles. The number of aliphatic hydroxyl groups excluding tert-OH is 1. The quantitative estimate of drug-likeness (QED) is 0.698. The van der Waals surface area contributed by atoms with Crippen LogP contribution in [-0.4, -0.2) is 39.9 Å². The summed E-state index contributed by atoms with van der Waals surface area (Å²) in [6, 6.07) is 1.56. The van der Waals surface area contributed by atoms with Gasteiger partial charge in [-0.05, 0) is 39.5 Å². The zero-order chi connectivity index (χ0) is 12.8. The van der Waals surface area contributed by atoms with Gasteiger partial charge in [0, 0.05) is 6.04 Å². The Hall–Kier alpha value is -1.28. The van der Waals surface area contributed by atoms with Gasteiger partial charge < -0.3 is 9.84 Å². The summed E-state index contributed by atoms with van der Waals surface area (Å²) in [4.78, 5) is 13.6. The van der Waals surface area contributed by atoms with Crippen LogP contribution in [0.2, 0.25) is 0 Å². The second-order valence-corrected chi connectivity index (χ2v) is 5.83. The van der Waals surface area contributed by atoms with Crippen molar-refractivity contribution in [2.24, 2.45) is 5.92 Å². The predicted molar refractivity (Wildman–Crippen MR) is 60.0 cm³/mol. The number of nitriles is 1. The van der Waals surface area contributed by atoms with Crippen LogP contribution in [0.1, 0.15) is 33.6 Å². The maximum Gasteiger partial charge on any atom is 0.410 e. The van der Waals surface area contributed by atoms with E-state index in [4.69, 9.17) is 10.00 Å². The summed E-state index contributed by atoms with van der Waals surface area (Å²) in [7, 11) is 0. The van der Waals surface area contributed by atoms with Crippen molar-refractivity contribution >= 4 is 6.09 Å². The van der Waals surface area contributed by atoms with Crippen LogP contribution < -0.4 is 0 Å². The average molecular weight is 238 g/mol. The van der Waals surface area contributed by atoms with Crippen LogP contribution in [0.25, 0.3) is 0 Å². The number of amides is 1. The van der Waals surface area contributed by atoms with Gasteiger partial charge in [-0.25, -0.2) is 4.79 Å². The van der Waals surface area contributed by atoms with Crippen molar-refractivity contribution in [1.82, 2.24) is 4.90 Å². The highest BCUT2D eigenvalue weighted by Gasteiger charge is 2.56. The Kier molecular flexibility index (Phi) is 2.78. The molecule has 4 atom stereocenters. The molecule has 1 heterocycles. The fraction of sp³-hybridized carbons (Fsp3) is 0.833. The number of likely N-dealkylation sites (tertiary alicyclic amines) is 1. The monoisotopic (exact) mass is 238 g/mol. The van der Waals surface area contributed by atoms with Crippen LogP contribution in [0.15, 0.2) is 0 Å². The topological polar surface area (TPSA) is 73.6 Å². The molecule has 2 rings (SSSR count). The summed E-state index contributed by atoms with van der Waals surface area (Å²) in [6.07, 6.45) is 0.143. The Labute approximate surface area is 101 Å². The van der Waals surface area contributed by atoms with Gasteiger partial charge in [-0.3, -0.25) is 4.90 Å². The van der Waals surface area contributed by atoms with Gasteiger partial charge in [0.25, 0.3) is 0 Å². The van der Waals surface area contributed by atoms with Gasteiger partial charge >= 0.3 is 6.09 Å². The zero-order valence-electron chi connectivity index (χ0n) is 10.4. The fourth-order valence-corrected chi connectivity index (χ4v) is 2.45. The Morgan fingerprint density at radius 1 is 1.53 bits per heavy atom. The molecule has 0 aromatic rings. The molecule has 5 heteroatoms. The van der Waals surface area contributed by atoms with Gasteiger partial charge in [-0.1, -0.05) is 0 Å². The molecule has 94 valence electrons. The van der Waals surface area contributed by atoms with Gasteiger partial charge in [-0.2, -0.15) is 5.26 Å². The van der Waals surface area contributed by atoms with Crippen LogP contribution >= 0.6 is 0 Å². The average Bonchev–Trinajstić information content (AvgIpc) is 2.85. The minimum atomic E-state index is -1.12. The summed E-state index contributed by atoms with van der Waals surface area (Å²) in [5, 5.41) is 18.4. The van der Waals surface area contributed by atoms with E-state index in [1.165, 1.54) is 0 Å². The Bertz CT molecular complexity index is 369. The van der Waals surface area contributed by atoms with Crippen LogP contribution in [0, 0.1) is 17.2 Å². The number of hydrogen-bond donors (Lipinski definition) is 1. The zero-order valence-corrected chi connectivity index (χ0v) is 10.4. The highest BCUT2D eigenvalue weighted by Crippen LogP contribution is 2.49. The SMILES string of the molecule is CC(C)(C)OC(=O)N1[C@H](C(O)C#N)C[C@@H]2C[C@@H]21. The maximum atomic E-state index is 12.0. The van der Waals surface area contributed by atoms with E-state index in [1.807, 2.05) is 0 Å². The number of ether oxygens (including phenoxy) is 1. The lowest BCUT2D eigenvalue weighted by Gasteiger charge is -2.31. The van der Waals surface area contributed by atoms with E-state index in [0.29, 0.717) is 12.3 Å². The smallest absolute Gasteiger partial charge is 0.410 e. The molecule has 1 saturated carbocycles. The number of aliphatic hydroxyl groups is 1. The molecule has 1 saturated heterocycles. The standard InChI is InChI=1S/C12H18N2O3/c1-12(2,3)17-11(16)14-8-4-7(8)5-9(14)10(15)6-13/h7-10,15H,4-5H2,1-3H3/t7-,8-,9-,10?/m0/s1. The molecule has 17 heavy (non-hydrogen) atoms. The molecule has 1 unspecified atom stereocenters. The molecule has 1 N–H and O–H groups in total. The lowest BCUT2D eigenvalue weighted by molar-refractivity contribution is 0.00646. The molecule has 2 aliphatic rings. The van der Waals surface area contributed by atoms with Crippen molar-refractivity contribution < 1.29 is 14.6 Å². The third-order valence-corrected chi connectivity index (χ3v) is 3.25. The number of piperidine rings is 1. The van der Waals surface area contributed by atoms with Crippen LogP contribution in [0.3, 0.4) is 0 Å². The molecular weight excluding hydrogens is 220 g/mol. The lowest BCUT2D eigenvalue weighted by atomic mass is 10.1. The van der Waals surface area contributed by atoms with Crippen molar-refractivity contribution in [2.45, 2.75) is 57.4 Å². The summed E-state index contributed by atoms with van der Waals surface area (Å²) in [5.41, 5.74) is -0.549. The Morgan fingerprint density at radius 3 is 2.71 bits per heavy atom. The summed E-state index contributed by atoms with van der Waals surface area (Å²) in [5.74, 6) is 0.440. The second-order valence-electron chi connectivity index (χ2n) is 5.83. The molecular formula is C12H18N2O3. The number of hydrogen-bond acceptors (Lipinski definition) is 4.